The zero-order valence-corrected chi connectivity index (χ0v) is 10.2. The summed E-state index contributed by atoms with van der Waals surface area (Å²) in [5.41, 5.74) is -1.19. The molecular weight excluding hydrogens is 236 g/mol. The highest BCUT2D eigenvalue weighted by atomic mass is 16.5. The summed E-state index contributed by atoms with van der Waals surface area (Å²) in [5.74, 6) is -1.57. The average molecular weight is 252 g/mol. The molecule has 1 saturated carbocycles. The maximum atomic E-state index is 11.9. The first-order valence-corrected chi connectivity index (χ1v) is 6.03. The smallest absolute Gasteiger partial charge is 0.329 e. The number of rotatable bonds is 3. The number of carboxylic acids is 1. The zero-order valence-electron chi connectivity index (χ0n) is 10.2. The number of nitrogens with one attached hydrogen (secondary N) is 1. The third kappa shape index (κ3) is 2.10. The molecule has 1 aromatic rings. The van der Waals surface area contributed by atoms with Gasteiger partial charge in [0, 0.05) is 6.07 Å². The lowest BCUT2D eigenvalue weighted by molar-refractivity contribution is -0.148. The SMILES string of the molecule is CC1CCCCC1(NC(=O)c1ccno1)C(=O)O. The van der Waals surface area contributed by atoms with Gasteiger partial charge in [-0.25, -0.2) is 4.79 Å². The van der Waals surface area contributed by atoms with E-state index in [0.29, 0.717) is 6.42 Å². The van der Waals surface area contributed by atoms with Crippen LogP contribution in [0.1, 0.15) is 43.2 Å². The summed E-state index contributed by atoms with van der Waals surface area (Å²) in [6.07, 6.45) is 4.39. The second-order valence-electron chi connectivity index (χ2n) is 4.75. The van der Waals surface area contributed by atoms with Gasteiger partial charge in [-0.15, -0.1) is 0 Å². The second kappa shape index (κ2) is 4.80. The largest absolute Gasteiger partial charge is 0.479 e. The van der Waals surface area contributed by atoms with Gasteiger partial charge in [-0.05, 0) is 18.8 Å². The van der Waals surface area contributed by atoms with Crippen molar-refractivity contribution in [3.8, 4) is 0 Å². The summed E-state index contributed by atoms with van der Waals surface area (Å²) in [5, 5.41) is 15.5. The highest BCUT2D eigenvalue weighted by molar-refractivity contribution is 5.95. The van der Waals surface area contributed by atoms with Crippen molar-refractivity contribution in [3.63, 3.8) is 0 Å². The van der Waals surface area contributed by atoms with Crippen LogP contribution in [-0.4, -0.2) is 27.7 Å². The molecule has 2 atom stereocenters. The molecule has 98 valence electrons. The van der Waals surface area contributed by atoms with E-state index in [1.165, 1.54) is 12.3 Å². The number of aliphatic carboxylic acids is 1. The van der Waals surface area contributed by atoms with Crippen molar-refractivity contribution in [2.24, 2.45) is 5.92 Å². The minimum absolute atomic E-state index is 0.0356. The molecule has 2 rings (SSSR count). The molecule has 0 spiro atoms. The predicted octanol–water partition coefficient (Wildman–Crippen LogP) is 1.44. The molecule has 0 aliphatic heterocycles. The van der Waals surface area contributed by atoms with Crippen LogP contribution >= 0.6 is 0 Å². The lowest BCUT2D eigenvalue weighted by atomic mass is 9.73. The van der Waals surface area contributed by atoms with Crippen molar-refractivity contribution in [2.45, 2.75) is 38.1 Å². The van der Waals surface area contributed by atoms with Crippen molar-refractivity contribution in [2.75, 3.05) is 0 Å². The Morgan fingerprint density at radius 3 is 2.89 bits per heavy atom. The molecule has 0 radical (unpaired) electrons. The third-order valence-electron chi connectivity index (χ3n) is 3.68. The fourth-order valence-corrected chi connectivity index (χ4v) is 2.50. The predicted molar refractivity (Wildman–Crippen MR) is 62.0 cm³/mol. The number of carbonyl (C=O) groups is 2. The van der Waals surface area contributed by atoms with Gasteiger partial charge < -0.3 is 14.9 Å². The first kappa shape index (κ1) is 12.6. The van der Waals surface area contributed by atoms with Crippen molar-refractivity contribution in [1.29, 1.82) is 0 Å². The van der Waals surface area contributed by atoms with Crippen molar-refractivity contribution in [1.82, 2.24) is 10.5 Å². The van der Waals surface area contributed by atoms with Crippen LogP contribution in [0.5, 0.6) is 0 Å². The van der Waals surface area contributed by atoms with Crippen LogP contribution in [0.4, 0.5) is 0 Å². The van der Waals surface area contributed by atoms with Crippen LogP contribution in [0.3, 0.4) is 0 Å². The maximum Gasteiger partial charge on any atom is 0.329 e. The molecule has 1 fully saturated rings. The summed E-state index contributed by atoms with van der Waals surface area (Å²) in [4.78, 5) is 23.5. The van der Waals surface area contributed by atoms with Crippen molar-refractivity contribution < 1.29 is 19.2 Å². The van der Waals surface area contributed by atoms with E-state index in [1.807, 2.05) is 6.92 Å². The summed E-state index contributed by atoms with van der Waals surface area (Å²) >= 11 is 0. The molecule has 18 heavy (non-hydrogen) atoms. The molecule has 6 heteroatoms. The van der Waals surface area contributed by atoms with E-state index in [2.05, 4.69) is 10.5 Å². The molecule has 1 aromatic heterocycles. The van der Waals surface area contributed by atoms with Crippen LogP contribution in [0.25, 0.3) is 0 Å². The van der Waals surface area contributed by atoms with E-state index >= 15 is 0 Å². The lowest BCUT2D eigenvalue weighted by Crippen LogP contribution is -2.59. The van der Waals surface area contributed by atoms with Crippen LogP contribution < -0.4 is 5.32 Å². The molecule has 1 heterocycles. The Bertz CT molecular complexity index is 443. The van der Waals surface area contributed by atoms with Gasteiger partial charge in [0.1, 0.15) is 5.54 Å². The molecule has 0 aromatic carbocycles. The zero-order chi connectivity index (χ0) is 13.2. The Morgan fingerprint density at radius 1 is 1.56 bits per heavy atom. The van der Waals surface area contributed by atoms with E-state index < -0.39 is 17.4 Å². The molecule has 1 aliphatic rings. The van der Waals surface area contributed by atoms with Crippen molar-refractivity contribution >= 4 is 11.9 Å². The number of aromatic nitrogens is 1. The minimum atomic E-state index is -1.19. The van der Waals surface area contributed by atoms with Gasteiger partial charge in [0.05, 0.1) is 6.20 Å². The first-order valence-electron chi connectivity index (χ1n) is 6.03. The van der Waals surface area contributed by atoms with Gasteiger partial charge in [-0.1, -0.05) is 24.9 Å². The molecule has 1 aliphatic carbocycles. The van der Waals surface area contributed by atoms with Gasteiger partial charge in [-0.2, -0.15) is 0 Å². The minimum Gasteiger partial charge on any atom is -0.479 e. The summed E-state index contributed by atoms with van der Waals surface area (Å²) < 4.78 is 4.74. The van der Waals surface area contributed by atoms with E-state index in [9.17, 15) is 14.7 Å². The number of hydrogen-bond acceptors (Lipinski definition) is 4. The molecule has 6 nitrogen and oxygen atoms in total. The van der Waals surface area contributed by atoms with Gasteiger partial charge >= 0.3 is 5.97 Å². The fourth-order valence-electron chi connectivity index (χ4n) is 2.50. The Hall–Kier alpha value is -1.85. The van der Waals surface area contributed by atoms with Crippen LogP contribution in [0, 0.1) is 5.92 Å². The summed E-state index contributed by atoms with van der Waals surface area (Å²) in [7, 11) is 0. The van der Waals surface area contributed by atoms with Gasteiger partial charge in [-0.3, -0.25) is 4.79 Å². The van der Waals surface area contributed by atoms with Crippen LogP contribution in [0.2, 0.25) is 0 Å². The monoisotopic (exact) mass is 252 g/mol. The first-order chi connectivity index (χ1) is 8.56. The lowest BCUT2D eigenvalue weighted by Gasteiger charge is -2.39. The molecule has 1 amide bonds. The summed E-state index contributed by atoms with van der Waals surface area (Å²) in [6.45, 7) is 1.86. The molecule has 0 bridgehead atoms. The number of carboxylic acid groups (broad SMARTS) is 1. The molecule has 0 saturated heterocycles. The Kier molecular flexibility index (Phi) is 3.36. The van der Waals surface area contributed by atoms with E-state index in [0.717, 1.165) is 19.3 Å². The Morgan fingerprint density at radius 2 is 2.33 bits per heavy atom. The second-order valence-corrected chi connectivity index (χ2v) is 4.75. The van der Waals surface area contributed by atoms with Gasteiger partial charge in [0.2, 0.25) is 5.76 Å². The number of hydrogen-bond donors (Lipinski definition) is 2. The van der Waals surface area contributed by atoms with E-state index in [1.54, 1.807) is 0 Å². The topological polar surface area (TPSA) is 92.4 Å². The standard InChI is InChI=1S/C12H16N2O4/c1-8-4-2-3-6-12(8,11(16)17)14-10(15)9-5-7-13-18-9/h5,7-8H,2-4,6H2,1H3,(H,14,15)(H,16,17). The molecule has 2 unspecified atom stereocenters. The van der Waals surface area contributed by atoms with Gasteiger partial charge in [0.25, 0.3) is 5.91 Å². The highest BCUT2D eigenvalue weighted by Crippen LogP contribution is 2.34. The normalized spacial score (nSPS) is 27.7. The van der Waals surface area contributed by atoms with Crippen molar-refractivity contribution in [3.05, 3.63) is 18.0 Å². The fraction of sp³-hybridized carbons (Fsp3) is 0.583. The van der Waals surface area contributed by atoms with E-state index in [4.69, 9.17) is 4.52 Å². The Balaban J connectivity index is 2.21. The average Bonchev–Trinajstić information content (AvgIpc) is 2.85. The van der Waals surface area contributed by atoms with Gasteiger partial charge in [0.15, 0.2) is 0 Å². The van der Waals surface area contributed by atoms with Crippen LogP contribution in [0.15, 0.2) is 16.8 Å². The number of carbonyl (C=O) groups excluding carboxylic acids is 1. The maximum absolute atomic E-state index is 11.9. The van der Waals surface area contributed by atoms with Crippen LogP contribution in [-0.2, 0) is 4.79 Å². The number of amides is 1. The van der Waals surface area contributed by atoms with E-state index in [-0.39, 0.29) is 11.7 Å². The summed E-state index contributed by atoms with van der Waals surface area (Å²) in [6, 6.07) is 1.42. The molecular formula is C12H16N2O4. The highest BCUT2D eigenvalue weighted by Gasteiger charge is 2.46. The number of nitrogens with zero attached hydrogens (tertiary/aromatic N) is 1. The quantitative estimate of drug-likeness (QED) is 0.849. The third-order valence-corrected chi connectivity index (χ3v) is 3.68. The Labute approximate surface area is 104 Å². The molecule has 2 N–H and O–H groups in total.